The molecule has 0 spiro atoms. The number of hydroxylamine groups is 1. The fourth-order valence-electron chi connectivity index (χ4n) is 4.18. The third-order valence-corrected chi connectivity index (χ3v) is 5.59. The van der Waals surface area contributed by atoms with Gasteiger partial charge in [0.15, 0.2) is 6.10 Å². The zero-order valence-corrected chi connectivity index (χ0v) is 16.2. The summed E-state index contributed by atoms with van der Waals surface area (Å²) in [5, 5.41) is 12.6. The fraction of sp³-hybridized carbons (Fsp3) is 0.130. The molecule has 0 unspecified atom stereocenters. The minimum absolute atomic E-state index is 0.0507. The Morgan fingerprint density at radius 1 is 0.774 bits per heavy atom. The van der Waals surface area contributed by atoms with Gasteiger partial charge in [-0.1, -0.05) is 48.5 Å². The van der Waals surface area contributed by atoms with Gasteiger partial charge in [-0.25, -0.2) is 9.96 Å². The molecule has 8 heteroatoms. The number of carbonyl (C=O) groups excluding carboxylic acids is 2. The lowest BCUT2D eigenvalue weighted by Gasteiger charge is -2.28. The lowest BCUT2D eigenvalue weighted by Crippen LogP contribution is -2.37. The predicted octanol–water partition coefficient (Wildman–Crippen LogP) is 3.65. The van der Waals surface area contributed by atoms with Crippen molar-refractivity contribution in [2.45, 2.75) is 12.1 Å². The molecule has 2 saturated heterocycles. The van der Waals surface area contributed by atoms with Crippen molar-refractivity contribution in [3.05, 3.63) is 101 Å². The van der Waals surface area contributed by atoms with Gasteiger partial charge in [0.2, 0.25) is 5.91 Å². The summed E-state index contributed by atoms with van der Waals surface area (Å²) in [7, 11) is 0. The van der Waals surface area contributed by atoms with Crippen LogP contribution in [-0.4, -0.2) is 22.8 Å². The van der Waals surface area contributed by atoms with Gasteiger partial charge in [-0.2, -0.15) is 0 Å². The van der Waals surface area contributed by atoms with Crippen LogP contribution in [0.15, 0.2) is 84.9 Å². The molecule has 3 aromatic rings. The smallest absolute Gasteiger partial charge is 0.269 e. The number of hydrogen-bond donors (Lipinski definition) is 0. The molecule has 2 fully saturated rings. The second-order valence-electron chi connectivity index (χ2n) is 7.35. The average Bonchev–Trinajstić information content (AvgIpc) is 3.31. The molecule has 2 aliphatic rings. The number of non-ortho nitro benzene ring substituents is 1. The van der Waals surface area contributed by atoms with Crippen LogP contribution in [0.5, 0.6) is 0 Å². The number of benzene rings is 3. The lowest BCUT2D eigenvalue weighted by atomic mass is 9.90. The molecular weight excluding hydrogens is 398 g/mol. The average molecular weight is 415 g/mol. The quantitative estimate of drug-likeness (QED) is 0.367. The molecular formula is C23H17N3O5. The highest BCUT2D eigenvalue weighted by Crippen LogP contribution is 2.47. The van der Waals surface area contributed by atoms with E-state index in [-0.39, 0.29) is 11.6 Å². The number of nitrogens with zero attached hydrogens (tertiary/aromatic N) is 3. The van der Waals surface area contributed by atoms with Gasteiger partial charge in [-0.15, -0.1) is 0 Å². The van der Waals surface area contributed by atoms with Crippen LogP contribution in [-0.2, 0) is 14.4 Å². The molecule has 2 heterocycles. The summed E-state index contributed by atoms with van der Waals surface area (Å²) in [6.45, 7) is 0. The predicted molar refractivity (Wildman–Crippen MR) is 112 cm³/mol. The van der Waals surface area contributed by atoms with Gasteiger partial charge < -0.3 is 0 Å². The number of hydrogen-bond acceptors (Lipinski definition) is 6. The number of imide groups is 1. The maximum absolute atomic E-state index is 13.4. The van der Waals surface area contributed by atoms with Crippen LogP contribution in [0.1, 0.15) is 11.6 Å². The van der Waals surface area contributed by atoms with Crippen molar-refractivity contribution in [1.82, 2.24) is 0 Å². The minimum Gasteiger partial charge on any atom is -0.273 e. The van der Waals surface area contributed by atoms with Crippen molar-refractivity contribution in [1.29, 1.82) is 0 Å². The standard InChI is InChI=1S/C23H17N3O5/c27-22-19-20(15-11-13-18(14-12-15)26(29)30)25(17-9-5-2-6-10-17)31-21(19)23(28)24(22)16-7-3-1-4-8-16/h1-14,19-21H/t19-,20-,21+/m0/s1. The summed E-state index contributed by atoms with van der Waals surface area (Å²) >= 11 is 0. The van der Waals surface area contributed by atoms with E-state index in [1.165, 1.54) is 12.1 Å². The Kier molecular flexibility index (Phi) is 4.48. The molecule has 154 valence electrons. The normalized spacial score (nSPS) is 22.6. The monoisotopic (exact) mass is 415 g/mol. The van der Waals surface area contributed by atoms with Gasteiger partial charge in [-0.3, -0.25) is 24.5 Å². The SMILES string of the molecule is O=C1[C@@H]2[C@@H](ON(c3ccccc3)[C@H]2c2ccc([N+](=O)[O-])cc2)C(=O)N1c1ccccc1. The second-order valence-corrected chi connectivity index (χ2v) is 7.35. The van der Waals surface area contributed by atoms with Crippen molar-refractivity contribution in [3.63, 3.8) is 0 Å². The Morgan fingerprint density at radius 3 is 1.94 bits per heavy atom. The Hall–Kier alpha value is -4.04. The van der Waals surface area contributed by atoms with E-state index < -0.39 is 28.9 Å². The van der Waals surface area contributed by atoms with Crippen molar-refractivity contribution >= 4 is 28.9 Å². The molecule has 0 saturated carbocycles. The van der Waals surface area contributed by atoms with E-state index in [0.29, 0.717) is 16.9 Å². The van der Waals surface area contributed by atoms with Crippen LogP contribution >= 0.6 is 0 Å². The Balaban J connectivity index is 1.58. The van der Waals surface area contributed by atoms with Crippen LogP contribution in [0, 0.1) is 16.0 Å². The lowest BCUT2D eigenvalue weighted by molar-refractivity contribution is -0.384. The number of nitro benzene ring substituents is 1. The first-order valence-electron chi connectivity index (χ1n) is 9.74. The van der Waals surface area contributed by atoms with E-state index in [9.17, 15) is 19.7 Å². The molecule has 0 aliphatic carbocycles. The minimum atomic E-state index is -0.979. The number of amides is 2. The number of rotatable bonds is 4. The molecule has 3 atom stereocenters. The van der Waals surface area contributed by atoms with Crippen LogP contribution < -0.4 is 9.96 Å². The van der Waals surface area contributed by atoms with Crippen molar-refractivity contribution in [2.24, 2.45) is 5.92 Å². The fourth-order valence-corrected chi connectivity index (χ4v) is 4.18. The number of carbonyl (C=O) groups is 2. The molecule has 0 N–H and O–H groups in total. The summed E-state index contributed by atoms with van der Waals surface area (Å²) in [5.41, 5.74) is 1.78. The Morgan fingerprint density at radius 2 is 1.35 bits per heavy atom. The largest absolute Gasteiger partial charge is 0.273 e. The highest BCUT2D eigenvalue weighted by Gasteiger charge is 2.60. The summed E-state index contributed by atoms with van der Waals surface area (Å²) in [5.74, 6) is -1.57. The van der Waals surface area contributed by atoms with E-state index in [0.717, 1.165) is 4.90 Å². The number of nitro groups is 1. The van der Waals surface area contributed by atoms with Gasteiger partial charge >= 0.3 is 0 Å². The highest BCUT2D eigenvalue weighted by molar-refractivity contribution is 6.23. The van der Waals surface area contributed by atoms with Gasteiger partial charge in [0.05, 0.1) is 22.3 Å². The summed E-state index contributed by atoms with van der Waals surface area (Å²) in [4.78, 5) is 44.4. The first kappa shape index (κ1) is 19.0. The van der Waals surface area contributed by atoms with Crippen LogP contribution in [0.3, 0.4) is 0 Å². The molecule has 0 aromatic heterocycles. The van der Waals surface area contributed by atoms with Crippen molar-refractivity contribution in [3.8, 4) is 0 Å². The van der Waals surface area contributed by atoms with Crippen molar-refractivity contribution < 1.29 is 19.3 Å². The number of fused-ring (bicyclic) bond motifs is 1. The third-order valence-electron chi connectivity index (χ3n) is 5.59. The first-order valence-corrected chi connectivity index (χ1v) is 9.74. The zero-order chi connectivity index (χ0) is 21.5. The van der Waals surface area contributed by atoms with Crippen LogP contribution in [0.2, 0.25) is 0 Å². The number of anilines is 2. The molecule has 3 aromatic carbocycles. The summed E-state index contributed by atoms with van der Waals surface area (Å²) < 4.78 is 0. The van der Waals surface area contributed by atoms with Crippen LogP contribution in [0.4, 0.5) is 17.1 Å². The topological polar surface area (TPSA) is 93.0 Å². The third kappa shape index (κ3) is 3.04. The summed E-state index contributed by atoms with van der Waals surface area (Å²) in [6.07, 6.45) is -0.979. The van der Waals surface area contributed by atoms with E-state index in [1.54, 1.807) is 41.5 Å². The van der Waals surface area contributed by atoms with Gasteiger partial charge in [0.1, 0.15) is 5.92 Å². The zero-order valence-electron chi connectivity index (χ0n) is 16.2. The molecule has 0 radical (unpaired) electrons. The van der Waals surface area contributed by atoms with Gasteiger partial charge in [0.25, 0.3) is 11.6 Å². The highest BCUT2D eigenvalue weighted by atomic mass is 16.7. The van der Waals surface area contributed by atoms with E-state index in [2.05, 4.69) is 0 Å². The first-order chi connectivity index (χ1) is 15.1. The molecule has 2 amide bonds. The molecule has 2 aliphatic heterocycles. The molecule has 5 rings (SSSR count). The Labute approximate surface area is 177 Å². The van der Waals surface area contributed by atoms with Gasteiger partial charge in [0, 0.05) is 12.1 Å². The molecule has 8 nitrogen and oxygen atoms in total. The number of para-hydroxylation sites is 2. The van der Waals surface area contributed by atoms with Crippen LogP contribution in [0.25, 0.3) is 0 Å². The summed E-state index contributed by atoms with van der Waals surface area (Å²) in [6, 6.07) is 23.3. The Bertz CT molecular complexity index is 1150. The second kappa shape index (κ2) is 7.33. The maximum atomic E-state index is 13.4. The van der Waals surface area contributed by atoms with E-state index >= 15 is 0 Å². The van der Waals surface area contributed by atoms with E-state index in [4.69, 9.17) is 4.84 Å². The molecule has 0 bridgehead atoms. The molecule has 31 heavy (non-hydrogen) atoms. The maximum Gasteiger partial charge on any atom is 0.269 e. The van der Waals surface area contributed by atoms with E-state index in [1.807, 2.05) is 36.4 Å². The van der Waals surface area contributed by atoms with Gasteiger partial charge in [-0.05, 0) is 29.8 Å². The van der Waals surface area contributed by atoms with Crippen molar-refractivity contribution in [2.75, 3.05) is 9.96 Å².